The Morgan fingerprint density at radius 3 is 3.00 bits per heavy atom. The van der Waals surface area contributed by atoms with Crippen LogP contribution in [0.5, 0.6) is 0 Å². The van der Waals surface area contributed by atoms with Gasteiger partial charge in [-0.25, -0.2) is 18.1 Å². The number of H-pyrrole nitrogens is 1. The summed E-state index contributed by atoms with van der Waals surface area (Å²) in [4.78, 5) is 7.45. The first-order valence-corrected chi connectivity index (χ1v) is 10.2. The Bertz CT molecular complexity index is 934. The molecule has 1 saturated carbocycles. The number of nitrogens with one attached hydrogen (secondary N) is 3. The fourth-order valence-electron chi connectivity index (χ4n) is 3.76. The monoisotopic (exact) mass is 360 g/mol. The van der Waals surface area contributed by atoms with Gasteiger partial charge in [-0.15, -0.1) is 0 Å². The average Bonchev–Trinajstić information content (AvgIpc) is 3.00. The van der Waals surface area contributed by atoms with E-state index in [1.54, 1.807) is 6.20 Å². The molecule has 2 aromatic rings. The van der Waals surface area contributed by atoms with Crippen LogP contribution in [0, 0.1) is 5.92 Å². The van der Waals surface area contributed by atoms with Gasteiger partial charge in [0.05, 0.1) is 5.75 Å². The summed E-state index contributed by atoms with van der Waals surface area (Å²) in [5, 5.41) is 14.2. The molecule has 25 heavy (non-hydrogen) atoms. The second kappa shape index (κ2) is 6.15. The van der Waals surface area contributed by atoms with Gasteiger partial charge in [-0.05, 0) is 48.6 Å². The maximum Gasteiger partial charge on any atom is 0.448 e. The molecule has 1 aliphatic heterocycles. The number of hydrogen-bond donors (Lipinski definition) is 4. The standard InChI is InChI=1S/C16H21BN4O3S/c1-2-5-25(23,24)21-11-6-10(7-11)13-8-20-17(22)14-9-19-16-12(15(13)14)3-4-18-16/h3-4,8-11,20-22H,2,5-7H2,1H3,(H,18,19). The van der Waals surface area contributed by atoms with E-state index in [0.29, 0.717) is 6.42 Å². The molecule has 0 amide bonds. The van der Waals surface area contributed by atoms with E-state index in [1.807, 2.05) is 25.4 Å². The van der Waals surface area contributed by atoms with Gasteiger partial charge in [0.1, 0.15) is 5.65 Å². The third-order valence-electron chi connectivity index (χ3n) is 4.99. The van der Waals surface area contributed by atoms with Crippen molar-refractivity contribution in [1.29, 1.82) is 0 Å². The minimum atomic E-state index is -3.18. The normalized spacial score (nSPS) is 23.0. The number of allylic oxidation sites excluding steroid dienone is 1. The second-order valence-electron chi connectivity index (χ2n) is 6.80. The van der Waals surface area contributed by atoms with Crippen molar-refractivity contribution in [2.45, 2.75) is 32.2 Å². The molecular formula is C16H21BN4O3S. The fraction of sp³-hybridized carbons (Fsp3) is 0.438. The third kappa shape index (κ3) is 2.96. The molecular weight excluding hydrogens is 339 g/mol. The van der Waals surface area contributed by atoms with Gasteiger partial charge in [0.25, 0.3) is 0 Å². The summed E-state index contributed by atoms with van der Waals surface area (Å²) < 4.78 is 26.6. The molecule has 0 spiro atoms. The predicted octanol–water partition coefficient (Wildman–Crippen LogP) is 0.303. The Kier molecular flexibility index (Phi) is 4.09. The topological polar surface area (TPSA) is 107 Å². The Balaban J connectivity index is 1.57. The fourth-order valence-corrected chi connectivity index (χ4v) is 5.11. The Labute approximate surface area is 147 Å². The van der Waals surface area contributed by atoms with Gasteiger partial charge in [0.15, 0.2) is 0 Å². The highest BCUT2D eigenvalue weighted by atomic mass is 32.2. The molecule has 4 N–H and O–H groups in total. The SMILES string of the molecule is CCCS(=O)(=O)NC1CC(C2=CNB(O)c3cnc4[nH]ccc4c32)C1. The van der Waals surface area contributed by atoms with Crippen LogP contribution in [0.2, 0.25) is 0 Å². The minimum Gasteiger partial charge on any atom is -0.429 e. The van der Waals surface area contributed by atoms with Crippen molar-refractivity contribution in [3.8, 4) is 0 Å². The van der Waals surface area contributed by atoms with Gasteiger partial charge >= 0.3 is 7.05 Å². The first-order chi connectivity index (χ1) is 12.0. The first kappa shape index (κ1) is 16.6. The van der Waals surface area contributed by atoms with Gasteiger partial charge in [-0.1, -0.05) is 6.92 Å². The van der Waals surface area contributed by atoms with Crippen molar-refractivity contribution in [2.75, 3.05) is 5.75 Å². The summed E-state index contributed by atoms with van der Waals surface area (Å²) >= 11 is 0. The van der Waals surface area contributed by atoms with Crippen LogP contribution < -0.4 is 15.4 Å². The second-order valence-corrected chi connectivity index (χ2v) is 8.67. The molecule has 0 atom stereocenters. The number of sulfonamides is 1. The van der Waals surface area contributed by atoms with Crippen LogP contribution in [-0.4, -0.2) is 42.3 Å². The molecule has 0 unspecified atom stereocenters. The highest BCUT2D eigenvalue weighted by Gasteiger charge is 2.38. The van der Waals surface area contributed by atoms with E-state index in [-0.39, 0.29) is 17.7 Å². The number of aromatic amines is 1. The quantitative estimate of drug-likeness (QED) is 0.574. The average molecular weight is 360 g/mol. The van der Waals surface area contributed by atoms with Crippen LogP contribution in [0.1, 0.15) is 31.7 Å². The lowest BCUT2D eigenvalue weighted by atomic mass is 9.64. The van der Waals surface area contributed by atoms with E-state index in [9.17, 15) is 13.4 Å². The molecule has 0 bridgehead atoms. The predicted molar refractivity (Wildman–Crippen MR) is 98.5 cm³/mol. The zero-order chi connectivity index (χ0) is 17.6. The minimum absolute atomic E-state index is 0.0127. The number of nitrogens with zero attached hydrogens (tertiary/aromatic N) is 1. The molecule has 4 rings (SSSR count). The van der Waals surface area contributed by atoms with Gasteiger partial charge in [0.2, 0.25) is 10.0 Å². The molecule has 0 aromatic carbocycles. The summed E-state index contributed by atoms with van der Waals surface area (Å²) in [6.07, 6.45) is 7.54. The molecule has 3 heterocycles. The third-order valence-corrected chi connectivity index (χ3v) is 6.63. The van der Waals surface area contributed by atoms with Crippen LogP contribution in [0.4, 0.5) is 0 Å². The van der Waals surface area contributed by atoms with Crippen molar-refractivity contribution in [3.05, 3.63) is 30.2 Å². The number of fused-ring (bicyclic) bond motifs is 3. The van der Waals surface area contributed by atoms with Crippen LogP contribution in [0.15, 0.2) is 24.7 Å². The van der Waals surface area contributed by atoms with E-state index >= 15 is 0 Å². The first-order valence-electron chi connectivity index (χ1n) is 8.59. The van der Waals surface area contributed by atoms with Crippen LogP contribution in [0.3, 0.4) is 0 Å². The Morgan fingerprint density at radius 1 is 1.44 bits per heavy atom. The highest BCUT2D eigenvalue weighted by molar-refractivity contribution is 7.89. The lowest BCUT2D eigenvalue weighted by Crippen LogP contribution is -2.50. The van der Waals surface area contributed by atoms with Crippen LogP contribution >= 0.6 is 0 Å². The highest BCUT2D eigenvalue weighted by Crippen LogP contribution is 2.41. The maximum atomic E-state index is 11.9. The smallest absolute Gasteiger partial charge is 0.429 e. The van der Waals surface area contributed by atoms with E-state index in [4.69, 9.17) is 0 Å². The molecule has 1 aliphatic carbocycles. The summed E-state index contributed by atoms with van der Waals surface area (Å²) in [7, 11) is -3.95. The van der Waals surface area contributed by atoms with Crippen molar-refractivity contribution < 1.29 is 13.4 Å². The number of hydrogen-bond acceptors (Lipinski definition) is 5. The van der Waals surface area contributed by atoms with Crippen molar-refractivity contribution >= 4 is 39.1 Å². The van der Waals surface area contributed by atoms with Crippen LogP contribution in [0.25, 0.3) is 16.6 Å². The number of aromatic nitrogens is 2. The Hall–Kier alpha value is -1.84. The van der Waals surface area contributed by atoms with Gasteiger partial charge in [-0.2, -0.15) is 0 Å². The van der Waals surface area contributed by atoms with E-state index in [0.717, 1.165) is 40.5 Å². The molecule has 0 radical (unpaired) electrons. The van der Waals surface area contributed by atoms with E-state index in [1.165, 1.54) is 0 Å². The van der Waals surface area contributed by atoms with E-state index in [2.05, 4.69) is 19.9 Å². The number of rotatable bonds is 5. The molecule has 132 valence electrons. The largest absolute Gasteiger partial charge is 0.448 e. The molecule has 1 fully saturated rings. The maximum absolute atomic E-state index is 11.9. The van der Waals surface area contributed by atoms with Crippen molar-refractivity contribution in [3.63, 3.8) is 0 Å². The molecule has 7 nitrogen and oxygen atoms in total. The summed E-state index contributed by atoms with van der Waals surface area (Å²) in [5.74, 6) is 0.428. The lowest BCUT2D eigenvalue weighted by Gasteiger charge is -2.39. The zero-order valence-electron chi connectivity index (χ0n) is 14.0. The molecule has 9 heteroatoms. The zero-order valence-corrected chi connectivity index (χ0v) is 14.8. The van der Waals surface area contributed by atoms with Crippen molar-refractivity contribution in [1.82, 2.24) is 19.9 Å². The van der Waals surface area contributed by atoms with Gasteiger partial charge in [-0.3, -0.25) is 0 Å². The molecule has 2 aliphatic rings. The lowest BCUT2D eigenvalue weighted by molar-refractivity contribution is 0.310. The number of pyridine rings is 1. The Morgan fingerprint density at radius 2 is 2.24 bits per heavy atom. The molecule has 0 saturated heterocycles. The summed E-state index contributed by atoms with van der Waals surface area (Å²) in [5.41, 5.74) is 3.67. The summed E-state index contributed by atoms with van der Waals surface area (Å²) in [6.45, 7) is 1.86. The van der Waals surface area contributed by atoms with Crippen molar-refractivity contribution in [2.24, 2.45) is 5.92 Å². The van der Waals surface area contributed by atoms with Gasteiger partial charge in [0, 0.05) is 29.3 Å². The van der Waals surface area contributed by atoms with E-state index < -0.39 is 17.1 Å². The summed E-state index contributed by atoms with van der Waals surface area (Å²) in [6, 6.07) is 1.95. The van der Waals surface area contributed by atoms with Crippen LogP contribution in [-0.2, 0) is 10.0 Å². The van der Waals surface area contributed by atoms with Gasteiger partial charge < -0.3 is 15.2 Å². The molecule has 2 aromatic heterocycles.